The predicted molar refractivity (Wildman–Crippen MR) is 237 cm³/mol. The lowest BCUT2D eigenvalue weighted by atomic mass is 9.79. The van der Waals surface area contributed by atoms with Gasteiger partial charge >= 0.3 is 7.75 Å². The number of imidazole rings is 1. The standard InChI is InChI=1S/C47H52N7O8P/c1-32(2)54(33(3)4)63(56,59-27-13-26-48)60-29-41-40(28-42(61-41)53-31-51-43-44(49-30-50-45(43)53)52-46(55)34-14-9-7-10-15-34)62-47(35-16-11-8-12-17-35,36-18-22-38(57-5)23-19-36)37-20-24-39(58-6)25-21-37/h7-12,14-25,30-33,40-42H,13,27-29H2,1-6H3,(H,49,50,52,55)/t40-,41+,42+,63?/m0/s1. The van der Waals surface area contributed by atoms with Crippen LogP contribution in [0, 0.1) is 11.3 Å². The van der Waals surface area contributed by atoms with Crippen LogP contribution in [-0.4, -0.2) is 81.8 Å². The minimum Gasteiger partial charge on any atom is -0.497 e. The van der Waals surface area contributed by atoms with Crippen LogP contribution in [0.1, 0.15) is 73.8 Å². The first kappa shape index (κ1) is 45.1. The van der Waals surface area contributed by atoms with Crippen molar-refractivity contribution in [1.29, 1.82) is 5.26 Å². The van der Waals surface area contributed by atoms with Crippen molar-refractivity contribution in [2.75, 3.05) is 32.8 Å². The van der Waals surface area contributed by atoms with Crippen molar-refractivity contribution < 1.29 is 37.4 Å². The van der Waals surface area contributed by atoms with Crippen LogP contribution in [-0.2, 0) is 28.7 Å². The lowest BCUT2D eigenvalue weighted by Crippen LogP contribution is -2.41. The number of carbonyl (C=O) groups excluding carboxylic acids is 1. The highest BCUT2D eigenvalue weighted by atomic mass is 31.2. The molecule has 4 aromatic carbocycles. The second-order valence-electron chi connectivity index (χ2n) is 15.5. The van der Waals surface area contributed by atoms with Crippen LogP contribution in [0.4, 0.5) is 5.82 Å². The normalized spacial score (nSPS) is 17.5. The van der Waals surface area contributed by atoms with Crippen molar-refractivity contribution in [2.45, 2.75) is 76.7 Å². The van der Waals surface area contributed by atoms with Gasteiger partial charge in [0, 0.05) is 24.1 Å². The summed E-state index contributed by atoms with van der Waals surface area (Å²) in [6, 6.07) is 35.8. The number of nitrogens with one attached hydrogen (secondary N) is 1. The minimum atomic E-state index is -4.02. The van der Waals surface area contributed by atoms with E-state index in [1.807, 2.05) is 113 Å². The van der Waals surface area contributed by atoms with E-state index in [4.69, 9.17) is 28.0 Å². The molecule has 1 unspecified atom stereocenters. The molecule has 6 aromatic rings. The number of amides is 1. The van der Waals surface area contributed by atoms with Crippen LogP contribution in [0.25, 0.3) is 11.2 Å². The molecule has 0 saturated carbocycles. The monoisotopic (exact) mass is 873 g/mol. The Morgan fingerprint density at radius 3 is 2.02 bits per heavy atom. The van der Waals surface area contributed by atoms with Gasteiger partial charge in [0.15, 0.2) is 17.0 Å². The molecule has 1 N–H and O–H groups in total. The zero-order valence-electron chi connectivity index (χ0n) is 36.2. The van der Waals surface area contributed by atoms with Gasteiger partial charge in [0.1, 0.15) is 35.8 Å². The fraction of sp³-hybridized carbons (Fsp3) is 0.340. The molecule has 1 saturated heterocycles. The Morgan fingerprint density at radius 1 is 0.857 bits per heavy atom. The molecule has 16 heteroatoms. The number of carbonyl (C=O) groups is 1. The van der Waals surface area contributed by atoms with Crippen LogP contribution in [0.5, 0.6) is 11.5 Å². The Kier molecular flexibility index (Phi) is 14.3. The number of ether oxygens (including phenoxy) is 4. The number of benzene rings is 4. The van der Waals surface area contributed by atoms with Gasteiger partial charge in [-0.3, -0.25) is 18.4 Å². The smallest absolute Gasteiger partial charge is 0.408 e. The van der Waals surface area contributed by atoms with Crippen LogP contribution >= 0.6 is 7.75 Å². The van der Waals surface area contributed by atoms with Gasteiger partial charge in [0.05, 0.1) is 52.4 Å². The number of hydrogen-bond donors (Lipinski definition) is 1. The summed E-state index contributed by atoms with van der Waals surface area (Å²) in [7, 11) is -0.783. The van der Waals surface area contributed by atoms with Gasteiger partial charge in [-0.05, 0) is 80.8 Å². The summed E-state index contributed by atoms with van der Waals surface area (Å²) in [6.07, 6.45) is 0.919. The summed E-state index contributed by atoms with van der Waals surface area (Å²) in [5.41, 5.74) is 2.43. The van der Waals surface area contributed by atoms with Crippen LogP contribution in [0.3, 0.4) is 0 Å². The van der Waals surface area contributed by atoms with Crippen molar-refractivity contribution in [1.82, 2.24) is 24.2 Å². The maximum absolute atomic E-state index is 14.9. The predicted octanol–water partition coefficient (Wildman–Crippen LogP) is 8.93. The third-order valence-corrected chi connectivity index (χ3v) is 13.3. The highest BCUT2D eigenvalue weighted by molar-refractivity contribution is 7.51. The highest BCUT2D eigenvalue weighted by Gasteiger charge is 2.48. The number of nitrogens with zero attached hydrogens (tertiary/aromatic N) is 6. The van der Waals surface area contributed by atoms with E-state index in [0.29, 0.717) is 28.2 Å². The molecule has 63 heavy (non-hydrogen) atoms. The van der Waals surface area contributed by atoms with Gasteiger partial charge in [0.25, 0.3) is 5.91 Å². The van der Waals surface area contributed by atoms with Crippen molar-refractivity contribution in [3.63, 3.8) is 0 Å². The number of nitriles is 1. The molecular formula is C47H52N7O8P. The SMILES string of the molecule is COc1ccc(C(O[C@H]2C[C@H](n3cnc4c(NC(=O)c5ccccc5)ncnc43)O[C@@H]2COP(=O)(OCCC#N)N(C(C)C)C(C)C)(c2ccccc2)c2ccc(OC)cc2)cc1. The summed E-state index contributed by atoms with van der Waals surface area (Å²) in [6.45, 7) is 7.36. The first-order chi connectivity index (χ1) is 30.5. The molecule has 4 atom stereocenters. The first-order valence-corrected chi connectivity index (χ1v) is 22.3. The largest absolute Gasteiger partial charge is 0.497 e. The van der Waals surface area contributed by atoms with Crippen LogP contribution < -0.4 is 14.8 Å². The van der Waals surface area contributed by atoms with Gasteiger partial charge in [-0.25, -0.2) is 24.2 Å². The van der Waals surface area contributed by atoms with Crippen LogP contribution in [0.15, 0.2) is 122 Å². The Balaban J connectivity index is 1.33. The second-order valence-corrected chi connectivity index (χ2v) is 17.4. The molecule has 15 nitrogen and oxygen atoms in total. The van der Waals surface area contributed by atoms with E-state index >= 15 is 0 Å². The zero-order valence-corrected chi connectivity index (χ0v) is 37.1. The number of fused-ring (bicyclic) bond motifs is 1. The molecule has 1 amide bonds. The van der Waals surface area contributed by atoms with E-state index in [2.05, 4.69) is 26.3 Å². The fourth-order valence-electron chi connectivity index (χ4n) is 8.03. The average molecular weight is 874 g/mol. The lowest BCUT2D eigenvalue weighted by molar-refractivity contribution is -0.0981. The third-order valence-electron chi connectivity index (χ3n) is 10.8. The number of rotatable bonds is 19. The fourth-order valence-corrected chi connectivity index (χ4v) is 10.2. The maximum Gasteiger partial charge on any atom is 0.408 e. The molecule has 1 fully saturated rings. The van der Waals surface area contributed by atoms with E-state index in [9.17, 15) is 14.6 Å². The lowest BCUT2D eigenvalue weighted by Gasteiger charge is -2.40. The number of methoxy groups -OCH3 is 2. The Morgan fingerprint density at radius 2 is 1.44 bits per heavy atom. The summed E-state index contributed by atoms with van der Waals surface area (Å²) < 4.78 is 56.4. The topological polar surface area (TPSA) is 172 Å². The van der Waals surface area contributed by atoms with Crippen molar-refractivity contribution in [3.8, 4) is 17.6 Å². The summed E-state index contributed by atoms with van der Waals surface area (Å²) in [5.74, 6) is 1.23. The molecule has 3 heterocycles. The van der Waals surface area contributed by atoms with E-state index < -0.39 is 31.8 Å². The van der Waals surface area contributed by atoms with Gasteiger partial charge < -0.3 is 24.3 Å². The van der Waals surface area contributed by atoms with E-state index in [1.165, 1.54) is 6.33 Å². The number of aromatic nitrogens is 4. The third kappa shape index (κ3) is 9.67. The van der Waals surface area contributed by atoms with E-state index in [-0.39, 0.29) is 49.9 Å². The maximum atomic E-state index is 14.9. The minimum absolute atomic E-state index is 0.0256. The summed E-state index contributed by atoms with van der Waals surface area (Å²) >= 11 is 0. The Labute approximate surface area is 367 Å². The van der Waals surface area contributed by atoms with Gasteiger partial charge in [0.2, 0.25) is 0 Å². The quantitative estimate of drug-likeness (QED) is 0.0465. The molecule has 1 aliphatic heterocycles. The molecular weight excluding hydrogens is 822 g/mol. The molecule has 0 aliphatic carbocycles. The van der Waals surface area contributed by atoms with Crippen LogP contribution in [0.2, 0.25) is 0 Å². The van der Waals surface area contributed by atoms with Crippen molar-refractivity contribution >= 4 is 30.6 Å². The van der Waals surface area contributed by atoms with Gasteiger partial charge in [-0.2, -0.15) is 5.26 Å². The molecule has 1 aliphatic rings. The molecule has 0 spiro atoms. The first-order valence-electron chi connectivity index (χ1n) is 20.8. The zero-order chi connectivity index (χ0) is 44.6. The van der Waals surface area contributed by atoms with Gasteiger partial charge in [-0.15, -0.1) is 0 Å². The molecule has 0 bridgehead atoms. The molecule has 2 aromatic heterocycles. The van der Waals surface area contributed by atoms with E-state index in [1.54, 1.807) is 54.0 Å². The Hall–Kier alpha value is -5.98. The molecule has 328 valence electrons. The number of anilines is 1. The second kappa shape index (κ2) is 20.0. The van der Waals surface area contributed by atoms with Crippen molar-refractivity contribution in [3.05, 3.63) is 144 Å². The van der Waals surface area contributed by atoms with Crippen molar-refractivity contribution in [2.24, 2.45) is 0 Å². The molecule has 7 rings (SSSR count). The summed E-state index contributed by atoms with van der Waals surface area (Å²) in [5, 5.41) is 12.2. The van der Waals surface area contributed by atoms with E-state index in [0.717, 1.165) is 16.7 Å². The van der Waals surface area contributed by atoms with Gasteiger partial charge in [-0.1, -0.05) is 72.8 Å². The Bertz CT molecular complexity index is 2480. The average Bonchev–Trinajstić information content (AvgIpc) is 3.92. The summed E-state index contributed by atoms with van der Waals surface area (Å²) in [4.78, 5) is 26.8. The highest BCUT2D eigenvalue weighted by Crippen LogP contribution is 2.55. The molecule has 0 radical (unpaired) electrons. The number of hydrogen-bond acceptors (Lipinski definition) is 12.